The predicted octanol–water partition coefficient (Wildman–Crippen LogP) is 2.94. The molecule has 1 atom stereocenters. The van der Waals surface area contributed by atoms with Gasteiger partial charge < -0.3 is 9.80 Å². The van der Waals surface area contributed by atoms with Gasteiger partial charge in [-0.25, -0.2) is 4.98 Å². The summed E-state index contributed by atoms with van der Waals surface area (Å²) in [6.45, 7) is 6.57. The summed E-state index contributed by atoms with van der Waals surface area (Å²) in [5, 5.41) is 5.16. The molecular weight excluding hydrogens is 346 g/mol. The van der Waals surface area contributed by atoms with E-state index in [9.17, 15) is 4.79 Å². The number of hydrogen-bond donors (Lipinski definition) is 0. The number of aryl methyl sites for hydroxylation is 2. The van der Waals surface area contributed by atoms with Gasteiger partial charge in [-0.3, -0.25) is 9.48 Å². The molecule has 1 unspecified atom stereocenters. The zero-order valence-corrected chi connectivity index (χ0v) is 16.2. The fraction of sp³-hybridized carbons (Fsp3) is 0.421. The molecule has 0 aliphatic carbocycles. The molecule has 6 nitrogen and oxygen atoms in total. The lowest BCUT2D eigenvalue weighted by molar-refractivity contribution is 0.0674. The van der Waals surface area contributed by atoms with Gasteiger partial charge in [0.2, 0.25) is 0 Å². The monoisotopic (exact) mass is 369 g/mol. The van der Waals surface area contributed by atoms with E-state index >= 15 is 0 Å². The van der Waals surface area contributed by atoms with Crippen LogP contribution < -0.4 is 4.90 Å². The molecule has 0 N–H and O–H groups in total. The van der Waals surface area contributed by atoms with Crippen molar-refractivity contribution in [2.45, 2.75) is 26.3 Å². The molecule has 1 fully saturated rings. The maximum Gasteiger partial charge on any atom is 0.257 e. The van der Waals surface area contributed by atoms with Crippen molar-refractivity contribution in [1.82, 2.24) is 19.7 Å². The normalized spacial score (nSPS) is 17.9. The number of carbonyl (C=O) groups excluding carboxylic acids is 1. The summed E-state index contributed by atoms with van der Waals surface area (Å²) >= 11 is 1.74. The van der Waals surface area contributed by atoms with Crippen LogP contribution in [0, 0.1) is 0 Å². The van der Waals surface area contributed by atoms with Crippen molar-refractivity contribution in [3.63, 3.8) is 0 Å². The number of rotatable bonds is 3. The van der Waals surface area contributed by atoms with Crippen LogP contribution in [0.1, 0.15) is 29.8 Å². The van der Waals surface area contributed by atoms with E-state index in [0.717, 1.165) is 30.2 Å². The van der Waals surface area contributed by atoms with E-state index in [0.29, 0.717) is 12.1 Å². The molecule has 26 heavy (non-hydrogen) atoms. The lowest BCUT2D eigenvalue weighted by atomic mass is 10.1. The van der Waals surface area contributed by atoms with Crippen molar-refractivity contribution in [3.8, 4) is 0 Å². The predicted molar refractivity (Wildman–Crippen MR) is 105 cm³/mol. The van der Waals surface area contributed by atoms with Gasteiger partial charge in [0.25, 0.3) is 5.91 Å². The lowest BCUT2D eigenvalue weighted by Crippen LogP contribution is -2.54. The third-order valence-electron chi connectivity index (χ3n) is 4.96. The Balaban J connectivity index is 1.50. The molecule has 1 aliphatic rings. The Kier molecular flexibility index (Phi) is 4.40. The summed E-state index contributed by atoms with van der Waals surface area (Å²) in [5.41, 5.74) is 3.05. The Bertz CT molecular complexity index is 946. The number of benzene rings is 1. The van der Waals surface area contributed by atoms with E-state index in [1.807, 2.05) is 11.9 Å². The number of fused-ring (bicyclic) bond motifs is 1. The van der Waals surface area contributed by atoms with Crippen molar-refractivity contribution < 1.29 is 4.79 Å². The van der Waals surface area contributed by atoms with Gasteiger partial charge in [-0.2, -0.15) is 5.10 Å². The van der Waals surface area contributed by atoms with Crippen LogP contribution in [-0.2, 0) is 13.5 Å². The van der Waals surface area contributed by atoms with E-state index < -0.39 is 0 Å². The number of anilines is 1. The van der Waals surface area contributed by atoms with E-state index in [1.54, 1.807) is 28.4 Å². The highest BCUT2D eigenvalue weighted by Gasteiger charge is 2.30. The molecule has 3 aromatic rings. The van der Waals surface area contributed by atoms with Gasteiger partial charge in [0.15, 0.2) is 5.13 Å². The number of amides is 1. The Labute approximate surface area is 157 Å². The summed E-state index contributed by atoms with van der Waals surface area (Å²) in [4.78, 5) is 21.8. The fourth-order valence-corrected chi connectivity index (χ4v) is 4.51. The SMILES string of the molecule is CCc1ccc2nc(N3CCN(C(=O)c4cnn(C)c4)C(C)C3)sc2c1. The first kappa shape index (κ1) is 17.0. The van der Waals surface area contributed by atoms with Crippen molar-refractivity contribution in [2.75, 3.05) is 24.5 Å². The average molecular weight is 369 g/mol. The third-order valence-corrected chi connectivity index (χ3v) is 6.04. The Morgan fingerprint density at radius 1 is 1.35 bits per heavy atom. The van der Waals surface area contributed by atoms with Gasteiger partial charge in [-0.15, -0.1) is 0 Å². The van der Waals surface area contributed by atoms with Crippen molar-refractivity contribution in [3.05, 3.63) is 41.7 Å². The molecule has 1 amide bonds. The number of piperazine rings is 1. The number of aromatic nitrogens is 3. The Morgan fingerprint density at radius 2 is 2.19 bits per heavy atom. The van der Waals surface area contributed by atoms with Crippen LogP contribution >= 0.6 is 11.3 Å². The number of nitrogens with zero attached hydrogens (tertiary/aromatic N) is 5. The zero-order chi connectivity index (χ0) is 18.3. The molecule has 1 saturated heterocycles. The minimum Gasteiger partial charge on any atom is -0.344 e. The van der Waals surface area contributed by atoms with Crippen LogP contribution in [0.4, 0.5) is 5.13 Å². The molecule has 1 aliphatic heterocycles. The molecule has 0 spiro atoms. The molecule has 0 saturated carbocycles. The summed E-state index contributed by atoms with van der Waals surface area (Å²) in [6, 6.07) is 6.63. The summed E-state index contributed by atoms with van der Waals surface area (Å²) in [5.74, 6) is 0.0575. The summed E-state index contributed by atoms with van der Waals surface area (Å²) in [6.07, 6.45) is 4.45. The molecule has 0 radical (unpaired) electrons. The molecule has 4 rings (SSSR count). The van der Waals surface area contributed by atoms with Gasteiger partial charge in [-0.1, -0.05) is 24.3 Å². The first-order valence-electron chi connectivity index (χ1n) is 8.99. The molecule has 7 heteroatoms. The van der Waals surface area contributed by atoms with E-state index in [2.05, 4.69) is 42.0 Å². The van der Waals surface area contributed by atoms with Crippen molar-refractivity contribution in [2.24, 2.45) is 7.05 Å². The zero-order valence-electron chi connectivity index (χ0n) is 15.3. The van der Waals surface area contributed by atoms with Crippen LogP contribution in [0.15, 0.2) is 30.6 Å². The standard InChI is InChI=1S/C19H23N5OS/c1-4-14-5-6-16-17(9-14)26-19(21-16)23-7-8-24(13(2)11-23)18(25)15-10-20-22(3)12-15/h5-6,9-10,12-13H,4,7-8,11H2,1-3H3. The second-order valence-electron chi connectivity index (χ2n) is 6.85. The van der Waals surface area contributed by atoms with Gasteiger partial charge >= 0.3 is 0 Å². The number of hydrogen-bond acceptors (Lipinski definition) is 5. The van der Waals surface area contributed by atoms with Gasteiger partial charge in [-0.05, 0) is 31.0 Å². The first-order chi connectivity index (χ1) is 12.5. The third kappa shape index (κ3) is 3.07. The van der Waals surface area contributed by atoms with Gasteiger partial charge in [0.1, 0.15) is 0 Å². The maximum absolute atomic E-state index is 12.7. The topological polar surface area (TPSA) is 54.3 Å². The van der Waals surface area contributed by atoms with Crippen molar-refractivity contribution in [1.29, 1.82) is 0 Å². The second-order valence-corrected chi connectivity index (χ2v) is 7.86. The van der Waals surface area contributed by atoms with Crippen LogP contribution in [0.5, 0.6) is 0 Å². The second kappa shape index (κ2) is 6.72. The van der Waals surface area contributed by atoms with E-state index in [4.69, 9.17) is 4.98 Å². The van der Waals surface area contributed by atoms with Crippen molar-refractivity contribution >= 4 is 32.6 Å². The first-order valence-corrected chi connectivity index (χ1v) is 9.81. The lowest BCUT2D eigenvalue weighted by Gasteiger charge is -2.39. The molecular formula is C19H23N5OS. The Hall–Kier alpha value is -2.41. The quantitative estimate of drug-likeness (QED) is 0.712. The van der Waals surface area contributed by atoms with Gasteiger partial charge in [0, 0.05) is 38.9 Å². The fourth-order valence-electron chi connectivity index (χ4n) is 3.44. The number of thiazole rings is 1. The highest BCUT2D eigenvalue weighted by Crippen LogP contribution is 2.31. The molecule has 2 aromatic heterocycles. The smallest absolute Gasteiger partial charge is 0.257 e. The highest BCUT2D eigenvalue weighted by molar-refractivity contribution is 7.22. The minimum atomic E-state index is 0.0575. The summed E-state index contributed by atoms with van der Waals surface area (Å²) < 4.78 is 2.90. The van der Waals surface area contributed by atoms with E-state index in [1.165, 1.54) is 10.3 Å². The maximum atomic E-state index is 12.7. The van der Waals surface area contributed by atoms with Crippen LogP contribution in [0.2, 0.25) is 0 Å². The van der Waals surface area contributed by atoms with E-state index in [-0.39, 0.29) is 11.9 Å². The average Bonchev–Trinajstić information content (AvgIpc) is 3.26. The minimum absolute atomic E-state index is 0.0575. The Morgan fingerprint density at radius 3 is 2.88 bits per heavy atom. The molecule has 0 bridgehead atoms. The number of carbonyl (C=O) groups is 1. The van der Waals surface area contributed by atoms with Crippen LogP contribution in [0.3, 0.4) is 0 Å². The largest absolute Gasteiger partial charge is 0.344 e. The van der Waals surface area contributed by atoms with Crippen LogP contribution in [-0.4, -0.2) is 51.2 Å². The highest BCUT2D eigenvalue weighted by atomic mass is 32.1. The van der Waals surface area contributed by atoms with Crippen LogP contribution in [0.25, 0.3) is 10.2 Å². The molecule has 3 heterocycles. The van der Waals surface area contributed by atoms with Gasteiger partial charge in [0.05, 0.1) is 22.0 Å². The molecule has 136 valence electrons. The molecule has 1 aromatic carbocycles. The summed E-state index contributed by atoms with van der Waals surface area (Å²) in [7, 11) is 1.83.